The second kappa shape index (κ2) is 6.88. The Kier molecular flexibility index (Phi) is 5.82. The molecule has 0 aliphatic carbocycles. The average Bonchev–Trinajstić information content (AvgIpc) is 2.21. The van der Waals surface area contributed by atoms with E-state index in [2.05, 4.69) is 15.3 Å². The van der Waals surface area contributed by atoms with Gasteiger partial charge in [-0.3, -0.25) is 5.32 Å². The lowest BCUT2D eigenvalue weighted by molar-refractivity contribution is 0.00690. The summed E-state index contributed by atoms with van der Waals surface area (Å²) in [6.07, 6.45) is -0.769. The molecule has 1 rings (SSSR count). The molecule has 1 heterocycles. The van der Waals surface area contributed by atoms with Gasteiger partial charge in [0, 0.05) is 0 Å². The van der Waals surface area contributed by atoms with Crippen molar-refractivity contribution >= 4 is 41.2 Å². The first kappa shape index (κ1) is 19.4. The smallest absolute Gasteiger partial charge is 0.414 e. The van der Waals surface area contributed by atoms with Crippen molar-refractivity contribution in [2.24, 2.45) is 0 Å². The largest absolute Gasteiger partial charge is 0.456 e. The van der Waals surface area contributed by atoms with Gasteiger partial charge in [0.25, 0.3) is 0 Å². The molecule has 0 unspecified atom stereocenters. The lowest BCUT2D eigenvalue weighted by Gasteiger charge is -2.20. The number of esters is 1. The molecule has 1 aromatic rings. The first-order chi connectivity index (χ1) is 10.3. The van der Waals surface area contributed by atoms with Crippen molar-refractivity contribution in [2.75, 3.05) is 5.32 Å². The highest BCUT2D eigenvalue weighted by Gasteiger charge is 2.26. The predicted molar refractivity (Wildman–Crippen MR) is 87.1 cm³/mol. The summed E-state index contributed by atoms with van der Waals surface area (Å²) < 4.78 is 10.2. The highest BCUT2D eigenvalue weighted by atomic mass is 35.5. The number of aromatic nitrogens is 2. The number of carbonyl (C=O) groups is 2. The van der Waals surface area contributed by atoms with E-state index in [0.29, 0.717) is 0 Å². The molecular weight excluding hydrogens is 345 g/mol. The van der Waals surface area contributed by atoms with Crippen LogP contribution in [0.4, 0.5) is 10.7 Å². The van der Waals surface area contributed by atoms with Crippen molar-refractivity contribution in [1.82, 2.24) is 9.97 Å². The van der Waals surface area contributed by atoms with Crippen LogP contribution in [0.3, 0.4) is 0 Å². The molecule has 0 aromatic carbocycles. The Morgan fingerprint density at radius 1 is 0.913 bits per heavy atom. The van der Waals surface area contributed by atoms with Crippen molar-refractivity contribution in [3.8, 4) is 0 Å². The van der Waals surface area contributed by atoms with E-state index < -0.39 is 23.3 Å². The van der Waals surface area contributed by atoms with Crippen LogP contribution in [0.2, 0.25) is 10.3 Å². The van der Waals surface area contributed by atoms with Gasteiger partial charge in [-0.15, -0.1) is 0 Å². The molecule has 0 spiro atoms. The molecule has 1 N–H and O–H groups in total. The molecular formula is C14H19Cl2N3O4. The third kappa shape index (κ3) is 6.58. The van der Waals surface area contributed by atoms with Crippen LogP contribution in [-0.4, -0.2) is 33.2 Å². The van der Waals surface area contributed by atoms with E-state index in [0.717, 1.165) is 0 Å². The monoisotopic (exact) mass is 363 g/mol. The Morgan fingerprint density at radius 3 is 1.74 bits per heavy atom. The van der Waals surface area contributed by atoms with Gasteiger partial charge in [0.15, 0.2) is 10.3 Å². The first-order valence-corrected chi connectivity index (χ1v) is 7.50. The topological polar surface area (TPSA) is 90.4 Å². The minimum absolute atomic E-state index is 0.169. The summed E-state index contributed by atoms with van der Waals surface area (Å²) in [5.74, 6) is -0.933. The normalized spacial score (nSPS) is 11.8. The van der Waals surface area contributed by atoms with E-state index in [-0.39, 0.29) is 21.8 Å². The van der Waals surface area contributed by atoms with Gasteiger partial charge in [-0.25, -0.2) is 9.59 Å². The maximum Gasteiger partial charge on any atom is 0.414 e. The molecule has 0 saturated heterocycles. The molecule has 0 saturated carbocycles. The Morgan fingerprint density at radius 2 is 1.35 bits per heavy atom. The number of amides is 1. The van der Waals surface area contributed by atoms with Gasteiger partial charge in [0.05, 0.1) is 0 Å². The number of hydrogen-bond acceptors (Lipinski definition) is 6. The van der Waals surface area contributed by atoms with E-state index in [1.165, 1.54) is 0 Å². The van der Waals surface area contributed by atoms with Crippen LogP contribution in [0.5, 0.6) is 0 Å². The highest BCUT2D eigenvalue weighted by Crippen LogP contribution is 2.25. The number of ether oxygens (including phenoxy) is 2. The Balaban J connectivity index is 2.98. The van der Waals surface area contributed by atoms with Crippen LogP contribution in [0.15, 0.2) is 0 Å². The molecule has 128 valence electrons. The number of hydrogen-bond donors (Lipinski definition) is 1. The molecule has 23 heavy (non-hydrogen) atoms. The second-order valence-electron chi connectivity index (χ2n) is 6.63. The van der Waals surface area contributed by atoms with Gasteiger partial charge in [0.2, 0.25) is 5.95 Å². The van der Waals surface area contributed by atoms with Crippen molar-refractivity contribution in [1.29, 1.82) is 0 Å². The fourth-order valence-electron chi connectivity index (χ4n) is 1.36. The van der Waals surface area contributed by atoms with Crippen molar-refractivity contribution in [3.05, 3.63) is 15.9 Å². The molecule has 0 radical (unpaired) electrons. The van der Waals surface area contributed by atoms with Gasteiger partial charge in [-0.1, -0.05) is 23.2 Å². The predicted octanol–water partition coefficient (Wildman–Crippen LogP) is 4.09. The third-order valence-corrected chi connectivity index (χ3v) is 2.58. The summed E-state index contributed by atoms with van der Waals surface area (Å²) in [7, 11) is 0. The number of nitrogens with one attached hydrogen (secondary N) is 1. The van der Waals surface area contributed by atoms with Gasteiger partial charge < -0.3 is 9.47 Å². The van der Waals surface area contributed by atoms with Gasteiger partial charge >= 0.3 is 12.1 Å². The number of nitrogens with zero attached hydrogens (tertiary/aromatic N) is 2. The maximum atomic E-state index is 12.0. The maximum absolute atomic E-state index is 12.0. The van der Waals surface area contributed by atoms with Gasteiger partial charge in [-0.2, -0.15) is 9.97 Å². The molecule has 0 fully saturated rings. The number of rotatable bonds is 2. The van der Waals surface area contributed by atoms with E-state index >= 15 is 0 Å². The summed E-state index contributed by atoms with van der Waals surface area (Å²) in [5, 5.41) is 1.83. The third-order valence-electron chi connectivity index (χ3n) is 2.04. The van der Waals surface area contributed by atoms with E-state index in [4.69, 9.17) is 32.7 Å². The fourth-order valence-corrected chi connectivity index (χ4v) is 1.90. The zero-order valence-electron chi connectivity index (χ0n) is 13.8. The van der Waals surface area contributed by atoms with Crippen molar-refractivity contribution in [2.45, 2.75) is 52.7 Å². The summed E-state index contributed by atoms with van der Waals surface area (Å²) in [6, 6.07) is 0. The molecule has 0 atom stereocenters. The SMILES string of the molecule is CC(C)(C)OC(=O)Nc1nc(Cl)c(C(=O)OC(C)(C)C)c(Cl)n1. The van der Waals surface area contributed by atoms with Crippen LogP contribution in [0, 0.1) is 0 Å². The zero-order chi connectivity index (χ0) is 18.0. The van der Waals surface area contributed by atoms with Crippen LogP contribution >= 0.6 is 23.2 Å². The Labute approximate surface area is 144 Å². The average molecular weight is 364 g/mol. The van der Waals surface area contributed by atoms with Crippen molar-refractivity contribution in [3.63, 3.8) is 0 Å². The fraction of sp³-hybridized carbons (Fsp3) is 0.571. The summed E-state index contributed by atoms with van der Waals surface area (Å²) in [6.45, 7) is 10.2. The summed E-state index contributed by atoms with van der Waals surface area (Å²) in [4.78, 5) is 31.3. The summed E-state index contributed by atoms with van der Waals surface area (Å²) >= 11 is 11.9. The number of halogens is 2. The highest BCUT2D eigenvalue weighted by molar-refractivity contribution is 6.38. The minimum atomic E-state index is -0.769. The van der Waals surface area contributed by atoms with Crippen LogP contribution < -0.4 is 5.32 Å². The molecule has 1 amide bonds. The van der Waals surface area contributed by atoms with E-state index in [9.17, 15) is 9.59 Å². The van der Waals surface area contributed by atoms with E-state index in [1.807, 2.05) is 0 Å². The van der Waals surface area contributed by atoms with Crippen LogP contribution in [0.1, 0.15) is 51.9 Å². The molecule has 9 heteroatoms. The van der Waals surface area contributed by atoms with Crippen LogP contribution in [-0.2, 0) is 9.47 Å². The molecule has 1 aromatic heterocycles. The number of carbonyl (C=O) groups excluding carboxylic acids is 2. The first-order valence-electron chi connectivity index (χ1n) is 6.75. The molecule has 0 aliphatic heterocycles. The lowest BCUT2D eigenvalue weighted by Crippen LogP contribution is -2.28. The number of anilines is 1. The minimum Gasteiger partial charge on any atom is -0.456 e. The zero-order valence-corrected chi connectivity index (χ0v) is 15.3. The van der Waals surface area contributed by atoms with Crippen LogP contribution in [0.25, 0.3) is 0 Å². The Hall–Kier alpha value is -1.60. The molecule has 0 bridgehead atoms. The molecule has 0 aliphatic rings. The Bertz CT molecular complexity index is 598. The van der Waals surface area contributed by atoms with Gasteiger partial charge in [-0.05, 0) is 41.5 Å². The quantitative estimate of drug-likeness (QED) is 0.628. The van der Waals surface area contributed by atoms with Crippen molar-refractivity contribution < 1.29 is 19.1 Å². The second-order valence-corrected chi connectivity index (χ2v) is 7.35. The van der Waals surface area contributed by atoms with E-state index in [1.54, 1.807) is 41.5 Å². The van der Waals surface area contributed by atoms with Gasteiger partial charge in [0.1, 0.15) is 16.8 Å². The molecule has 7 nitrogen and oxygen atoms in total. The standard InChI is InChI=1S/C14H19Cl2N3O4/c1-13(2,3)22-10(20)7-8(15)17-11(18-9(7)16)19-12(21)23-14(4,5)6/h1-6H3,(H,17,18,19,21). The summed E-state index contributed by atoms with van der Waals surface area (Å²) in [5.41, 5.74) is -1.58. The lowest BCUT2D eigenvalue weighted by atomic mass is 10.2.